The monoisotopic (exact) mass is 425 g/mol. The first kappa shape index (κ1) is 22.1. The number of nitrogens with one attached hydrogen (secondary N) is 1. The predicted molar refractivity (Wildman–Crippen MR) is 116 cm³/mol. The SMILES string of the molecule is CC(C)(C)OC(=O)N1CCN(C(=O)c2ccc(NC(=O)Oc3ccccc3)cc2)CC1. The molecule has 8 heteroatoms. The fourth-order valence-electron chi connectivity index (χ4n) is 3.04. The zero-order chi connectivity index (χ0) is 22.4. The normalized spacial score (nSPS) is 14.0. The van der Waals surface area contributed by atoms with Crippen LogP contribution in [0.5, 0.6) is 5.75 Å². The molecule has 2 aromatic rings. The van der Waals surface area contributed by atoms with E-state index >= 15 is 0 Å². The van der Waals surface area contributed by atoms with E-state index < -0.39 is 11.7 Å². The van der Waals surface area contributed by atoms with Crippen LogP contribution in [0, 0.1) is 0 Å². The molecule has 0 aliphatic carbocycles. The summed E-state index contributed by atoms with van der Waals surface area (Å²) in [6.07, 6.45) is -0.971. The molecule has 0 bridgehead atoms. The Bertz CT molecular complexity index is 914. The first-order valence-corrected chi connectivity index (χ1v) is 10.1. The van der Waals surface area contributed by atoms with E-state index in [9.17, 15) is 14.4 Å². The van der Waals surface area contributed by atoms with Crippen molar-refractivity contribution in [1.29, 1.82) is 0 Å². The summed E-state index contributed by atoms with van der Waals surface area (Å²) in [5.41, 5.74) is 0.479. The van der Waals surface area contributed by atoms with Gasteiger partial charge in [0.25, 0.3) is 5.91 Å². The summed E-state index contributed by atoms with van der Waals surface area (Å²) in [4.78, 5) is 40.2. The molecule has 1 fully saturated rings. The minimum absolute atomic E-state index is 0.123. The van der Waals surface area contributed by atoms with Gasteiger partial charge in [-0.25, -0.2) is 9.59 Å². The molecular weight excluding hydrogens is 398 g/mol. The molecule has 0 unspecified atom stereocenters. The quantitative estimate of drug-likeness (QED) is 0.803. The van der Waals surface area contributed by atoms with E-state index in [1.807, 2.05) is 26.8 Å². The highest BCUT2D eigenvalue weighted by Gasteiger charge is 2.28. The average molecular weight is 425 g/mol. The fraction of sp³-hybridized carbons (Fsp3) is 0.348. The summed E-state index contributed by atoms with van der Waals surface area (Å²) in [5.74, 6) is 0.319. The van der Waals surface area contributed by atoms with Gasteiger partial charge in [-0.2, -0.15) is 0 Å². The number of benzene rings is 2. The van der Waals surface area contributed by atoms with E-state index in [1.165, 1.54) is 0 Å². The number of piperazine rings is 1. The van der Waals surface area contributed by atoms with Crippen LogP contribution in [0.15, 0.2) is 54.6 Å². The topological polar surface area (TPSA) is 88.2 Å². The van der Waals surface area contributed by atoms with E-state index in [0.29, 0.717) is 43.2 Å². The molecule has 0 aromatic heterocycles. The molecule has 8 nitrogen and oxygen atoms in total. The van der Waals surface area contributed by atoms with Crippen molar-refractivity contribution in [2.24, 2.45) is 0 Å². The lowest BCUT2D eigenvalue weighted by atomic mass is 10.1. The van der Waals surface area contributed by atoms with Gasteiger partial charge in [0.2, 0.25) is 0 Å². The highest BCUT2D eigenvalue weighted by molar-refractivity contribution is 5.95. The lowest BCUT2D eigenvalue weighted by molar-refractivity contribution is 0.0141. The van der Waals surface area contributed by atoms with Crippen LogP contribution in [-0.2, 0) is 4.74 Å². The number of anilines is 1. The molecule has 3 amide bonds. The zero-order valence-electron chi connectivity index (χ0n) is 18.0. The van der Waals surface area contributed by atoms with Crippen LogP contribution in [-0.4, -0.2) is 59.7 Å². The lowest BCUT2D eigenvalue weighted by Crippen LogP contribution is -2.51. The highest BCUT2D eigenvalue weighted by Crippen LogP contribution is 2.16. The minimum Gasteiger partial charge on any atom is -0.444 e. The number of ether oxygens (including phenoxy) is 2. The Labute approximate surface area is 181 Å². The summed E-state index contributed by atoms with van der Waals surface area (Å²) in [6, 6.07) is 15.4. The number of carbonyl (C=O) groups excluding carboxylic acids is 3. The zero-order valence-corrected chi connectivity index (χ0v) is 18.0. The Morgan fingerprint density at radius 3 is 2.00 bits per heavy atom. The number of para-hydroxylation sites is 1. The maximum Gasteiger partial charge on any atom is 0.417 e. The van der Waals surface area contributed by atoms with Crippen molar-refractivity contribution in [2.75, 3.05) is 31.5 Å². The van der Waals surface area contributed by atoms with E-state index in [0.717, 1.165) is 0 Å². The van der Waals surface area contributed by atoms with Gasteiger partial charge in [-0.15, -0.1) is 0 Å². The molecule has 0 atom stereocenters. The maximum absolute atomic E-state index is 12.8. The van der Waals surface area contributed by atoms with E-state index in [4.69, 9.17) is 9.47 Å². The van der Waals surface area contributed by atoms with Gasteiger partial charge in [0, 0.05) is 37.4 Å². The van der Waals surface area contributed by atoms with Crippen molar-refractivity contribution in [2.45, 2.75) is 26.4 Å². The van der Waals surface area contributed by atoms with Crippen LogP contribution < -0.4 is 10.1 Å². The smallest absolute Gasteiger partial charge is 0.417 e. The van der Waals surface area contributed by atoms with E-state index in [1.54, 1.807) is 58.3 Å². The third kappa shape index (κ3) is 6.47. The van der Waals surface area contributed by atoms with Crippen LogP contribution in [0.25, 0.3) is 0 Å². The molecule has 1 aliphatic heterocycles. The summed E-state index contributed by atoms with van der Waals surface area (Å²) < 4.78 is 10.6. The molecule has 1 saturated heterocycles. The molecule has 31 heavy (non-hydrogen) atoms. The number of amides is 3. The molecule has 1 N–H and O–H groups in total. The molecular formula is C23H27N3O5. The Morgan fingerprint density at radius 2 is 1.42 bits per heavy atom. The van der Waals surface area contributed by atoms with Crippen LogP contribution in [0.2, 0.25) is 0 Å². The lowest BCUT2D eigenvalue weighted by Gasteiger charge is -2.35. The molecule has 0 saturated carbocycles. The summed E-state index contributed by atoms with van der Waals surface area (Å²) >= 11 is 0. The molecule has 0 radical (unpaired) electrons. The average Bonchev–Trinajstić information content (AvgIpc) is 2.73. The number of hydrogen-bond donors (Lipinski definition) is 1. The van der Waals surface area contributed by atoms with Gasteiger partial charge >= 0.3 is 12.2 Å². The second-order valence-corrected chi connectivity index (χ2v) is 8.16. The Balaban J connectivity index is 1.50. The minimum atomic E-state index is -0.608. The van der Waals surface area contributed by atoms with E-state index in [2.05, 4.69) is 5.32 Å². The second-order valence-electron chi connectivity index (χ2n) is 8.16. The van der Waals surface area contributed by atoms with Gasteiger partial charge in [0.15, 0.2) is 0 Å². The molecule has 0 spiro atoms. The van der Waals surface area contributed by atoms with Crippen molar-refractivity contribution in [3.8, 4) is 5.75 Å². The Kier molecular flexibility index (Phi) is 6.79. The molecule has 164 valence electrons. The van der Waals surface area contributed by atoms with E-state index in [-0.39, 0.29) is 12.0 Å². The van der Waals surface area contributed by atoms with Crippen molar-refractivity contribution in [3.05, 3.63) is 60.2 Å². The van der Waals surface area contributed by atoms with Crippen molar-refractivity contribution in [1.82, 2.24) is 9.80 Å². The molecule has 1 heterocycles. The summed E-state index contributed by atoms with van der Waals surface area (Å²) in [6.45, 7) is 7.18. The molecule has 2 aromatic carbocycles. The number of hydrogen-bond acceptors (Lipinski definition) is 5. The standard InChI is InChI=1S/C23H27N3O5/c1-23(2,3)31-22(29)26-15-13-25(14-16-26)20(27)17-9-11-18(12-10-17)24-21(28)30-19-7-5-4-6-8-19/h4-12H,13-16H2,1-3H3,(H,24,28). The van der Waals surface area contributed by atoms with Gasteiger partial charge in [-0.05, 0) is 57.2 Å². The van der Waals surface area contributed by atoms with Crippen LogP contribution in [0.1, 0.15) is 31.1 Å². The first-order valence-electron chi connectivity index (χ1n) is 10.1. The van der Waals surface area contributed by atoms with Crippen molar-refractivity contribution < 1.29 is 23.9 Å². The van der Waals surface area contributed by atoms with Gasteiger partial charge in [-0.3, -0.25) is 10.1 Å². The Morgan fingerprint density at radius 1 is 0.839 bits per heavy atom. The van der Waals surface area contributed by atoms with Gasteiger partial charge in [0.1, 0.15) is 11.4 Å². The third-order valence-corrected chi connectivity index (χ3v) is 4.55. The third-order valence-electron chi connectivity index (χ3n) is 4.55. The van der Waals surface area contributed by atoms with Crippen LogP contribution in [0.4, 0.5) is 15.3 Å². The van der Waals surface area contributed by atoms with Gasteiger partial charge in [-0.1, -0.05) is 18.2 Å². The van der Waals surface area contributed by atoms with Crippen molar-refractivity contribution >= 4 is 23.8 Å². The van der Waals surface area contributed by atoms with Crippen LogP contribution >= 0.6 is 0 Å². The number of rotatable bonds is 3. The number of nitrogens with zero attached hydrogens (tertiary/aromatic N) is 2. The van der Waals surface area contributed by atoms with Crippen molar-refractivity contribution in [3.63, 3.8) is 0 Å². The highest BCUT2D eigenvalue weighted by atomic mass is 16.6. The summed E-state index contributed by atoms with van der Waals surface area (Å²) in [5, 5.41) is 2.63. The largest absolute Gasteiger partial charge is 0.444 e. The first-order chi connectivity index (χ1) is 14.7. The van der Waals surface area contributed by atoms with Gasteiger partial charge < -0.3 is 19.3 Å². The molecule has 1 aliphatic rings. The second kappa shape index (κ2) is 9.51. The fourth-order valence-corrected chi connectivity index (χ4v) is 3.04. The van der Waals surface area contributed by atoms with Crippen LogP contribution in [0.3, 0.4) is 0 Å². The predicted octanol–water partition coefficient (Wildman–Crippen LogP) is 3.99. The summed E-state index contributed by atoms with van der Waals surface area (Å²) in [7, 11) is 0. The Hall–Kier alpha value is -3.55. The van der Waals surface area contributed by atoms with Gasteiger partial charge in [0.05, 0.1) is 0 Å². The maximum atomic E-state index is 12.8. The number of carbonyl (C=O) groups is 3. The molecule has 3 rings (SSSR count).